The molecule has 6 nitrogen and oxygen atoms in total. The second-order valence-electron chi connectivity index (χ2n) is 4.26. The van der Waals surface area contributed by atoms with Crippen LogP contribution in [0.4, 0.5) is 10.1 Å². The van der Waals surface area contributed by atoms with E-state index in [-0.39, 0.29) is 10.6 Å². The number of halogens is 2. The van der Waals surface area contributed by atoms with Crippen molar-refractivity contribution < 1.29 is 4.39 Å². The maximum absolute atomic E-state index is 13.1. The minimum Gasteiger partial charge on any atom is -0.378 e. The predicted molar refractivity (Wildman–Crippen MR) is 78.4 cm³/mol. The highest BCUT2D eigenvalue weighted by molar-refractivity contribution is 7.16. The first-order valence-corrected chi connectivity index (χ1v) is 7.15. The van der Waals surface area contributed by atoms with E-state index in [0.717, 1.165) is 0 Å². The Morgan fingerprint density at radius 1 is 1.43 bits per heavy atom. The fourth-order valence-electron chi connectivity index (χ4n) is 1.69. The molecule has 1 aromatic carbocycles. The largest absolute Gasteiger partial charge is 0.378 e. The van der Waals surface area contributed by atoms with Crippen LogP contribution < -0.4 is 10.9 Å². The molecule has 3 rings (SSSR count). The first-order chi connectivity index (χ1) is 10.0. The molecule has 9 heteroatoms. The summed E-state index contributed by atoms with van der Waals surface area (Å²) in [6.07, 6.45) is 0. The van der Waals surface area contributed by atoms with E-state index < -0.39 is 5.82 Å². The molecule has 0 aliphatic heterocycles. The molecule has 0 unspecified atom stereocenters. The number of hydrogen-bond acceptors (Lipinski definition) is 6. The molecule has 0 aliphatic rings. The quantitative estimate of drug-likeness (QED) is 0.799. The van der Waals surface area contributed by atoms with Gasteiger partial charge >= 0.3 is 0 Å². The lowest BCUT2D eigenvalue weighted by Crippen LogP contribution is -2.19. The van der Waals surface area contributed by atoms with Crippen molar-refractivity contribution in [3.8, 4) is 0 Å². The molecule has 0 amide bonds. The van der Waals surface area contributed by atoms with E-state index in [2.05, 4.69) is 20.6 Å². The zero-order valence-corrected chi connectivity index (χ0v) is 12.4. The van der Waals surface area contributed by atoms with Crippen LogP contribution in [0.15, 0.2) is 23.0 Å². The van der Waals surface area contributed by atoms with Gasteiger partial charge in [-0.15, -0.1) is 10.2 Å². The van der Waals surface area contributed by atoms with Crippen LogP contribution in [0.25, 0.3) is 4.96 Å². The lowest BCUT2D eigenvalue weighted by atomic mass is 10.3. The molecule has 0 saturated heterocycles. The second-order valence-corrected chi connectivity index (χ2v) is 5.71. The van der Waals surface area contributed by atoms with E-state index in [1.54, 1.807) is 13.0 Å². The number of hydrogen-bond donors (Lipinski definition) is 1. The summed E-state index contributed by atoms with van der Waals surface area (Å²) in [5, 5.41) is 15.6. The number of fused-ring (bicyclic) bond motifs is 1. The standard InChI is InChI=1S/C12H9ClFN5OS/c1-6-11(20)19-12(17-16-6)21-10(18-19)5-15-7-2-3-9(14)8(13)4-7/h2-4,15H,5H2,1H3. The van der Waals surface area contributed by atoms with Crippen LogP contribution in [-0.4, -0.2) is 19.8 Å². The Balaban J connectivity index is 1.83. The van der Waals surface area contributed by atoms with Crippen molar-refractivity contribution in [3.63, 3.8) is 0 Å². The summed E-state index contributed by atoms with van der Waals surface area (Å²) in [5.74, 6) is -0.473. The van der Waals surface area contributed by atoms with Gasteiger partial charge in [-0.05, 0) is 25.1 Å². The molecule has 2 aromatic heterocycles. The molecule has 0 radical (unpaired) electrons. The van der Waals surface area contributed by atoms with Crippen LogP contribution in [0.2, 0.25) is 5.02 Å². The van der Waals surface area contributed by atoms with Crippen LogP contribution in [0, 0.1) is 12.7 Å². The smallest absolute Gasteiger partial charge is 0.296 e. The van der Waals surface area contributed by atoms with E-state index in [4.69, 9.17) is 11.6 Å². The topological polar surface area (TPSA) is 72.2 Å². The molecule has 0 aliphatic carbocycles. The Hall–Kier alpha value is -2.06. The van der Waals surface area contributed by atoms with E-state index in [1.165, 1.54) is 28.0 Å². The summed E-state index contributed by atoms with van der Waals surface area (Å²) >= 11 is 6.96. The number of rotatable bonds is 3. The molecule has 1 N–H and O–H groups in total. The number of aromatic nitrogens is 4. The van der Waals surface area contributed by atoms with E-state index in [9.17, 15) is 9.18 Å². The van der Waals surface area contributed by atoms with Crippen molar-refractivity contribution in [1.29, 1.82) is 0 Å². The first-order valence-electron chi connectivity index (χ1n) is 5.95. The molecule has 0 atom stereocenters. The molecule has 0 saturated carbocycles. The van der Waals surface area contributed by atoms with E-state index >= 15 is 0 Å². The molecule has 108 valence electrons. The maximum Gasteiger partial charge on any atom is 0.296 e. The van der Waals surface area contributed by atoms with Crippen molar-refractivity contribution in [3.05, 3.63) is 50.1 Å². The van der Waals surface area contributed by atoms with Gasteiger partial charge in [0.05, 0.1) is 11.6 Å². The molecular formula is C12H9ClFN5OS. The normalized spacial score (nSPS) is 11.0. The van der Waals surface area contributed by atoms with Gasteiger partial charge in [0, 0.05) is 5.69 Å². The number of aryl methyl sites for hydroxylation is 1. The Morgan fingerprint density at radius 2 is 2.24 bits per heavy atom. The number of anilines is 1. The summed E-state index contributed by atoms with van der Waals surface area (Å²) in [6.45, 7) is 1.95. The zero-order valence-electron chi connectivity index (χ0n) is 10.8. The molecular weight excluding hydrogens is 317 g/mol. The number of benzene rings is 1. The average molecular weight is 326 g/mol. The third-order valence-electron chi connectivity index (χ3n) is 2.75. The van der Waals surface area contributed by atoms with Gasteiger partial charge in [-0.2, -0.15) is 9.61 Å². The predicted octanol–water partition coefficient (Wildman–Crippen LogP) is 2.26. The molecule has 0 spiro atoms. The van der Waals surface area contributed by atoms with Crippen LogP contribution in [0.1, 0.15) is 10.7 Å². The Labute approximate surface area is 127 Å². The van der Waals surface area contributed by atoms with Gasteiger partial charge in [0.25, 0.3) is 5.56 Å². The van der Waals surface area contributed by atoms with Crippen LogP contribution in [0.5, 0.6) is 0 Å². The van der Waals surface area contributed by atoms with Crippen LogP contribution in [0.3, 0.4) is 0 Å². The molecule has 3 aromatic rings. The lowest BCUT2D eigenvalue weighted by molar-refractivity contribution is 0.628. The van der Waals surface area contributed by atoms with E-state index in [0.29, 0.717) is 27.9 Å². The van der Waals surface area contributed by atoms with Crippen LogP contribution in [-0.2, 0) is 6.54 Å². The fraction of sp³-hybridized carbons (Fsp3) is 0.167. The van der Waals surface area contributed by atoms with Gasteiger partial charge in [0.15, 0.2) is 0 Å². The summed E-state index contributed by atoms with van der Waals surface area (Å²) in [6, 6.07) is 4.34. The van der Waals surface area contributed by atoms with E-state index in [1.807, 2.05) is 0 Å². The van der Waals surface area contributed by atoms with Crippen molar-refractivity contribution in [2.24, 2.45) is 0 Å². The van der Waals surface area contributed by atoms with Gasteiger partial charge in [-0.25, -0.2) is 4.39 Å². The third-order valence-corrected chi connectivity index (χ3v) is 3.94. The Morgan fingerprint density at radius 3 is 3.00 bits per heavy atom. The number of nitrogens with zero attached hydrogens (tertiary/aromatic N) is 4. The van der Waals surface area contributed by atoms with Gasteiger partial charge < -0.3 is 5.32 Å². The molecule has 21 heavy (non-hydrogen) atoms. The highest BCUT2D eigenvalue weighted by atomic mass is 35.5. The highest BCUT2D eigenvalue weighted by Gasteiger charge is 2.09. The van der Waals surface area contributed by atoms with Crippen molar-refractivity contribution in [2.45, 2.75) is 13.5 Å². The number of nitrogens with one attached hydrogen (secondary N) is 1. The summed E-state index contributed by atoms with van der Waals surface area (Å²) in [4.78, 5) is 12.3. The average Bonchev–Trinajstić information content (AvgIpc) is 2.88. The van der Waals surface area contributed by atoms with Gasteiger partial charge in [0.1, 0.15) is 16.5 Å². The summed E-state index contributed by atoms with van der Waals surface area (Å²) in [7, 11) is 0. The Bertz CT molecular complexity index is 878. The van der Waals surface area contributed by atoms with Gasteiger partial charge in [-0.3, -0.25) is 4.79 Å². The van der Waals surface area contributed by atoms with Crippen molar-refractivity contribution in [1.82, 2.24) is 19.8 Å². The summed E-state index contributed by atoms with van der Waals surface area (Å²) < 4.78 is 14.3. The minimum atomic E-state index is -0.473. The van der Waals surface area contributed by atoms with Gasteiger partial charge in [-0.1, -0.05) is 22.9 Å². The minimum absolute atomic E-state index is 0.0435. The third kappa shape index (κ3) is 2.72. The lowest BCUT2D eigenvalue weighted by Gasteiger charge is -2.04. The zero-order chi connectivity index (χ0) is 15.0. The van der Waals surface area contributed by atoms with Gasteiger partial charge in [0.2, 0.25) is 4.96 Å². The SMILES string of the molecule is Cc1nnc2sc(CNc3ccc(F)c(Cl)c3)nn2c1=O. The van der Waals surface area contributed by atoms with Crippen LogP contribution >= 0.6 is 22.9 Å². The Kier molecular flexibility index (Phi) is 3.56. The molecule has 2 heterocycles. The molecule has 0 bridgehead atoms. The fourth-order valence-corrected chi connectivity index (χ4v) is 2.64. The second kappa shape index (κ2) is 5.38. The first kappa shape index (κ1) is 13.9. The monoisotopic (exact) mass is 325 g/mol. The van der Waals surface area contributed by atoms with Crippen molar-refractivity contribution in [2.75, 3.05) is 5.32 Å². The maximum atomic E-state index is 13.1. The van der Waals surface area contributed by atoms with Crippen molar-refractivity contribution >= 4 is 33.6 Å². The highest BCUT2D eigenvalue weighted by Crippen LogP contribution is 2.20. The summed E-state index contributed by atoms with van der Waals surface area (Å²) in [5.41, 5.74) is 0.672. The molecule has 0 fully saturated rings.